The largest absolute Gasteiger partial charge is 0.476 e. The Labute approximate surface area is 93.5 Å². The molecule has 0 radical (unpaired) electrons. The molecule has 1 aliphatic rings. The Balaban J connectivity index is 0.00000112. The zero-order chi connectivity index (χ0) is 9.97. The molecular formula is C9H13ClN2O3. The molecule has 1 aromatic rings. The molecule has 0 amide bonds. The van der Waals surface area contributed by atoms with E-state index < -0.39 is 5.97 Å². The summed E-state index contributed by atoms with van der Waals surface area (Å²) in [6, 6.07) is 0.337. The predicted molar refractivity (Wildman–Crippen MR) is 55.5 cm³/mol. The molecule has 0 unspecified atom stereocenters. The third kappa shape index (κ3) is 2.70. The van der Waals surface area contributed by atoms with Crippen molar-refractivity contribution in [2.24, 2.45) is 0 Å². The van der Waals surface area contributed by atoms with Gasteiger partial charge in [-0.15, -0.1) is 12.4 Å². The SMILES string of the molecule is Cl.O=C(O)c1cn(C2CCOCC2)cn1. The van der Waals surface area contributed by atoms with Gasteiger partial charge in [-0.05, 0) is 12.8 Å². The summed E-state index contributed by atoms with van der Waals surface area (Å²) >= 11 is 0. The van der Waals surface area contributed by atoms with Crippen LogP contribution in [0, 0.1) is 0 Å². The van der Waals surface area contributed by atoms with Crippen LogP contribution in [0.3, 0.4) is 0 Å². The molecule has 2 heterocycles. The fraction of sp³-hybridized carbons (Fsp3) is 0.556. The van der Waals surface area contributed by atoms with Crippen molar-refractivity contribution < 1.29 is 14.6 Å². The van der Waals surface area contributed by atoms with Crippen LogP contribution in [-0.2, 0) is 4.74 Å². The van der Waals surface area contributed by atoms with E-state index in [1.165, 1.54) is 0 Å². The molecule has 0 bridgehead atoms. The van der Waals surface area contributed by atoms with Crippen molar-refractivity contribution in [3.05, 3.63) is 18.2 Å². The van der Waals surface area contributed by atoms with E-state index in [0.29, 0.717) is 6.04 Å². The van der Waals surface area contributed by atoms with Crippen LogP contribution in [0.1, 0.15) is 29.4 Å². The van der Waals surface area contributed by atoms with E-state index in [-0.39, 0.29) is 18.1 Å². The van der Waals surface area contributed by atoms with Crippen LogP contribution in [0.2, 0.25) is 0 Å². The Bertz CT molecular complexity index is 334. The number of ether oxygens (including phenoxy) is 1. The number of hydrogen-bond acceptors (Lipinski definition) is 3. The first-order valence-corrected chi connectivity index (χ1v) is 4.62. The van der Waals surface area contributed by atoms with E-state index in [9.17, 15) is 4.79 Å². The summed E-state index contributed by atoms with van der Waals surface area (Å²) in [5.74, 6) is -0.976. The predicted octanol–water partition coefficient (Wildman–Crippen LogP) is 1.35. The summed E-state index contributed by atoms with van der Waals surface area (Å²) in [5, 5.41) is 8.70. The molecule has 1 aliphatic heterocycles. The number of nitrogens with zero attached hydrogens (tertiary/aromatic N) is 2. The lowest BCUT2D eigenvalue weighted by atomic mass is 10.1. The topological polar surface area (TPSA) is 64.3 Å². The van der Waals surface area contributed by atoms with Gasteiger partial charge in [0, 0.05) is 25.5 Å². The van der Waals surface area contributed by atoms with Crippen molar-refractivity contribution in [1.82, 2.24) is 9.55 Å². The summed E-state index contributed by atoms with van der Waals surface area (Å²) in [7, 11) is 0. The van der Waals surface area contributed by atoms with Gasteiger partial charge in [0.25, 0.3) is 0 Å². The number of halogens is 1. The quantitative estimate of drug-likeness (QED) is 0.836. The second-order valence-electron chi connectivity index (χ2n) is 3.35. The second kappa shape index (κ2) is 5.14. The number of aromatic nitrogens is 2. The molecule has 1 saturated heterocycles. The Morgan fingerprint density at radius 1 is 1.53 bits per heavy atom. The molecule has 0 aromatic carbocycles. The number of carbonyl (C=O) groups is 1. The Morgan fingerprint density at radius 3 is 2.73 bits per heavy atom. The zero-order valence-corrected chi connectivity index (χ0v) is 8.94. The van der Waals surface area contributed by atoms with Crippen molar-refractivity contribution in [2.45, 2.75) is 18.9 Å². The normalized spacial score (nSPS) is 17.1. The van der Waals surface area contributed by atoms with Crippen LogP contribution in [0.15, 0.2) is 12.5 Å². The monoisotopic (exact) mass is 232 g/mol. The summed E-state index contributed by atoms with van der Waals surface area (Å²) in [5.41, 5.74) is 0.108. The first-order valence-electron chi connectivity index (χ1n) is 4.62. The van der Waals surface area contributed by atoms with Crippen molar-refractivity contribution in [1.29, 1.82) is 0 Å². The highest BCUT2D eigenvalue weighted by Gasteiger charge is 2.17. The van der Waals surface area contributed by atoms with Gasteiger partial charge in [0.05, 0.1) is 6.33 Å². The van der Waals surface area contributed by atoms with E-state index in [4.69, 9.17) is 9.84 Å². The van der Waals surface area contributed by atoms with Gasteiger partial charge in [-0.1, -0.05) is 0 Å². The van der Waals surface area contributed by atoms with Gasteiger partial charge in [0.2, 0.25) is 0 Å². The molecule has 84 valence electrons. The van der Waals surface area contributed by atoms with Gasteiger partial charge in [-0.2, -0.15) is 0 Å². The molecule has 0 saturated carbocycles. The maximum Gasteiger partial charge on any atom is 0.356 e. The molecule has 1 fully saturated rings. The first kappa shape index (κ1) is 12.0. The van der Waals surface area contributed by atoms with E-state index >= 15 is 0 Å². The lowest BCUT2D eigenvalue weighted by molar-refractivity contribution is 0.0683. The minimum Gasteiger partial charge on any atom is -0.476 e. The van der Waals surface area contributed by atoms with Crippen LogP contribution in [0.5, 0.6) is 0 Å². The van der Waals surface area contributed by atoms with Crippen LogP contribution >= 0.6 is 12.4 Å². The lowest BCUT2D eigenvalue weighted by Crippen LogP contribution is -2.18. The molecule has 5 nitrogen and oxygen atoms in total. The van der Waals surface area contributed by atoms with E-state index in [1.54, 1.807) is 12.5 Å². The van der Waals surface area contributed by atoms with Crippen molar-refractivity contribution in [3.63, 3.8) is 0 Å². The highest BCUT2D eigenvalue weighted by molar-refractivity contribution is 5.85. The number of imidazole rings is 1. The lowest BCUT2D eigenvalue weighted by Gasteiger charge is -2.22. The molecule has 1 aromatic heterocycles. The molecule has 0 aliphatic carbocycles. The summed E-state index contributed by atoms with van der Waals surface area (Å²) in [6.45, 7) is 1.48. The van der Waals surface area contributed by atoms with Gasteiger partial charge >= 0.3 is 5.97 Å². The minimum atomic E-state index is -0.976. The van der Waals surface area contributed by atoms with Crippen molar-refractivity contribution in [2.75, 3.05) is 13.2 Å². The highest BCUT2D eigenvalue weighted by atomic mass is 35.5. The van der Waals surface area contributed by atoms with Crippen molar-refractivity contribution in [3.8, 4) is 0 Å². The number of carboxylic acid groups (broad SMARTS) is 1. The second-order valence-corrected chi connectivity index (χ2v) is 3.35. The molecule has 0 atom stereocenters. The fourth-order valence-corrected chi connectivity index (χ4v) is 1.63. The third-order valence-corrected chi connectivity index (χ3v) is 2.43. The summed E-state index contributed by atoms with van der Waals surface area (Å²) in [4.78, 5) is 14.4. The Hall–Kier alpha value is -1.07. The van der Waals surface area contributed by atoms with E-state index in [2.05, 4.69) is 4.98 Å². The number of rotatable bonds is 2. The van der Waals surface area contributed by atoms with Gasteiger partial charge in [0.15, 0.2) is 5.69 Å². The first-order chi connectivity index (χ1) is 6.77. The Kier molecular flexibility index (Phi) is 4.11. The van der Waals surface area contributed by atoms with Gasteiger partial charge in [-0.3, -0.25) is 0 Å². The molecule has 2 rings (SSSR count). The van der Waals surface area contributed by atoms with Crippen LogP contribution in [-0.4, -0.2) is 33.8 Å². The molecule has 0 spiro atoms. The smallest absolute Gasteiger partial charge is 0.356 e. The van der Waals surface area contributed by atoms with Crippen LogP contribution in [0.4, 0.5) is 0 Å². The number of hydrogen-bond donors (Lipinski definition) is 1. The van der Waals surface area contributed by atoms with Gasteiger partial charge < -0.3 is 14.4 Å². The molecule has 1 N–H and O–H groups in total. The zero-order valence-electron chi connectivity index (χ0n) is 8.13. The van der Waals surface area contributed by atoms with Crippen molar-refractivity contribution >= 4 is 18.4 Å². The fourth-order valence-electron chi connectivity index (χ4n) is 1.63. The molecule has 15 heavy (non-hydrogen) atoms. The van der Waals surface area contributed by atoms with Gasteiger partial charge in [0.1, 0.15) is 0 Å². The maximum atomic E-state index is 10.6. The van der Waals surface area contributed by atoms with Gasteiger partial charge in [-0.25, -0.2) is 9.78 Å². The van der Waals surface area contributed by atoms with Crippen LogP contribution < -0.4 is 0 Å². The average molecular weight is 233 g/mol. The number of carboxylic acids is 1. The van der Waals surface area contributed by atoms with E-state index in [1.807, 2.05) is 4.57 Å². The number of aromatic carboxylic acids is 1. The Morgan fingerprint density at radius 2 is 2.20 bits per heavy atom. The average Bonchev–Trinajstić information content (AvgIpc) is 2.68. The third-order valence-electron chi connectivity index (χ3n) is 2.43. The standard InChI is InChI=1S/C9H12N2O3.ClH/c12-9(13)8-5-11(6-10-8)7-1-3-14-4-2-7;/h5-7H,1-4H2,(H,12,13);1H. The maximum absolute atomic E-state index is 10.6. The van der Waals surface area contributed by atoms with Crippen LogP contribution in [0.25, 0.3) is 0 Å². The highest BCUT2D eigenvalue weighted by Crippen LogP contribution is 2.20. The molecule has 6 heteroatoms. The minimum absolute atomic E-state index is 0. The summed E-state index contributed by atoms with van der Waals surface area (Å²) in [6.07, 6.45) is 5.02. The summed E-state index contributed by atoms with van der Waals surface area (Å²) < 4.78 is 7.09. The van der Waals surface area contributed by atoms with E-state index in [0.717, 1.165) is 26.1 Å². The molecular weight excluding hydrogens is 220 g/mol.